The first-order chi connectivity index (χ1) is 10.5. The van der Waals surface area contributed by atoms with Crippen LogP contribution < -0.4 is 9.47 Å². The summed E-state index contributed by atoms with van der Waals surface area (Å²) in [5, 5.41) is 0. The van der Waals surface area contributed by atoms with Gasteiger partial charge in [-0.05, 0) is 38.1 Å². The van der Waals surface area contributed by atoms with Gasteiger partial charge in [-0.2, -0.15) is 0 Å². The van der Waals surface area contributed by atoms with Crippen molar-refractivity contribution in [2.75, 3.05) is 21.3 Å². The molecule has 22 heavy (non-hydrogen) atoms. The minimum absolute atomic E-state index is 0.125. The van der Waals surface area contributed by atoms with Crippen molar-refractivity contribution in [3.63, 3.8) is 0 Å². The molecule has 1 aromatic carbocycles. The van der Waals surface area contributed by atoms with E-state index in [1.165, 1.54) is 0 Å². The third kappa shape index (κ3) is 2.93. The molecule has 0 fully saturated rings. The zero-order chi connectivity index (χ0) is 16.3. The van der Waals surface area contributed by atoms with E-state index in [0.29, 0.717) is 17.1 Å². The average molecular weight is 303 g/mol. The second kappa shape index (κ2) is 6.56. The summed E-state index contributed by atoms with van der Waals surface area (Å²) in [6.45, 7) is 3.81. The van der Waals surface area contributed by atoms with Crippen LogP contribution in [0.2, 0.25) is 0 Å². The number of methoxy groups -OCH3 is 2. The van der Waals surface area contributed by atoms with Crippen molar-refractivity contribution >= 4 is 5.91 Å². The van der Waals surface area contributed by atoms with Crippen molar-refractivity contribution < 1.29 is 18.7 Å². The first kappa shape index (κ1) is 15.9. The van der Waals surface area contributed by atoms with E-state index in [0.717, 1.165) is 11.3 Å². The Morgan fingerprint density at radius 2 is 1.82 bits per heavy atom. The number of hydrogen-bond acceptors (Lipinski definition) is 4. The highest BCUT2D eigenvalue weighted by Crippen LogP contribution is 2.31. The lowest BCUT2D eigenvalue weighted by atomic mass is 10.1. The molecule has 0 spiro atoms. The van der Waals surface area contributed by atoms with Crippen LogP contribution in [0.25, 0.3) is 0 Å². The molecule has 5 heteroatoms. The summed E-state index contributed by atoms with van der Waals surface area (Å²) in [6.07, 6.45) is 1.60. The van der Waals surface area contributed by atoms with Crippen molar-refractivity contribution in [2.45, 2.75) is 19.9 Å². The van der Waals surface area contributed by atoms with Crippen LogP contribution in [-0.4, -0.2) is 32.1 Å². The third-order valence-electron chi connectivity index (χ3n) is 3.86. The first-order valence-corrected chi connectivity index (χ1v) is 7.02. The Morgan fingerprint density at radius 3 is 2.27 bits per heavy atom. The van der Waals surface area contributed by atoms with Crippen LogP contribution in [0.4, 0.5) is 0 Å². The molecule has 1 heterocycles. The molecular weight excluding hydrogens is 282 g/mol. The molecule has 118 valence electrons. The third-order valence-corrected chi connectivity index (χ3v) is 3.86. The lowest BCUT2D eigenvalue weighted by molar-refractivity contribution is 0.0725. The van der Waals surface area contributed by atoms with Crippen LogP contribution in [0.5, 0.6) is 11.5 Å². The Hall–Kier alpha value is -2.43. The molecule has 1 atom stereocenters. The highest BCUT2D eigenvalue weighted by atomic mass is 16.5. The molecule has 1 unspecified atom stereocenters. The second-order valence-corrected chi connectivity index (χ2v) is 5.11. The van der Waals surface area contributed by atoms with Crippen LogP contribution in [0.1, 0.15) is 34.6 Å². The molecule has 0 aliphatic rings. The SMILES string of the molecule is COc1cc(C(=O)N(C)C(C)c2ccco2)cc(OC)c1C. The first-order valence-electron chi connectivity index (χ1n) is 7.02. The van der Waals surface area contributed by atoms with Crippen LogP contribution in [0.3, 0.4) is 0 Å². The van der Waals surface area contributed by atoms with E-state index in [9.17, 15) is 4.79 Å². The summed E-state index contributed by atoms with van der Waals surface area (Å²) in [6, 6.07) is 6.95. The predicted molar refractivity (Wildman–Crippen MR) is 83.5 cm³/mol. The molecule has 5 nitrogen and oxygen atoms in total. The number of benzene rings is 1. The van der Waals surface area contributed by atoms with E-state index in [1.807, 2.05) is 26.0 Å². The highest BCUT2D eigenvalue weighted by molar-refractivity contribution is 5.95. The van der Waals surface area contributed by atoms with E-state index in [-0.39, 0.29) is 11.9 Å². The summed E-state index contributed by atoms with van der Waals surface area (Å²) >= 11 is 0. The van der Waals surface area contributed by atoms with Gasteiger partial charge in [0.25, 0.3) is 5.91 Å². The standard InChI is InChI=1S/C17H21NO4/c1-11-15(20-4)9-13(10-16(11)21-5)17(19)18(3)12(2)14-7-6-8-22-14/h6-10,12H,1-5H3. The van der Waals surface area contributed by atoms with Gasteiger partial charge in [0.15, 0.2) is 0 Å². The van der Waals surface area contributed by atoms with Gasteiger partial charge in [0, 0.05) is 18.2 Å². The monoisotopic (exact) mass is 303 g/mol. The fraction of sp³-hybridized carbons (Fsp3) is 0.353. The maximum absolute atomic E-state index is 12.7. The fourth-order valence-electron chi connectivity index (χ4n) is 2.31. The maximum Gasteiger partial charge on any atom is 0.254 e. The minimum atomic E-state index is -0.166. The normalized spacial score (nSPS) is 11.9. The van der Waals surface area contributed by atoms with Gasteiger partial charge in [0.2, 0.25) is 0 Å². The number of nitrogens with zero attached hydrogens (tertiary/aromatic N) is 1. The average Bonchev–Trinajstić information content (AvgIpc) is 3.07. The van der Waals surface area contributed by atoms with Crippen molar-refractivity contribution in [3.8, 4) is 11.5 Å². The minimum Gasteiger partial charge on any atom is -0.496 e. The molecule has 1 aromatic heterocycles. The quantitative estimate of drug-likeness (QED) is 0.849. The van der Waals surface area contributed by atoms with Gasteiger partial charge in [0.1, 0.15) is 17.3 Å². The Kier molecular flexibility index (Phi) is 4.75. The predicted octanol–water partition coefficient (Wildman–Crippen LogP) is 3.44. The molecule has 0 saturated carbocycles. The molecule has 0 radical (unpaired) electrons. The Morgan fingerprint density at radius 1 is 1.23 bits per heavy atom. The molecule has 0 aliphatic heterocycles. The number of ether oxygens (including phenoxy) is 2. The van der Waals surface area contributed by atoms with Crippen molar-refractivity contribution in [1.29, 1.82) is 0 Å². The molecule has 2 aromatic rings. The van der Waals surface area contributed by atoms with Gasteiger partial charge < -0.3 is 18.8 Å². The number of amides is 1. The van der Waals surface area contributed by atoms with E-state index >= 15 is 0 Å². The number of carbonyl (C=O) groups is 1. The molecule has 0 bridgehead atoms. The Bertz CT molecular complexity index is 624. The van der Waals surface area contributed by atoms with Gasteiger partial charge >= 0.3 is 0 Å². The van der Waals surface area contributed by atoms with Crippen LogP contribution >= 0.6 is 0 Å². The smallest absolute Gasteiger partial charge is 0.254 e. The van der Waals surface area contributed by atoms with Crippen molar-refractivity contribution in [3.05, 3.63) is 47.4 Å². The summed E-state index contributed by atoms with van der Waals surface area (Å²) in [7, 11) is 4.89. The maximum atomic E-state index is 12.7. The number of carbonyl (C=O) groups excluding carboxylic acids is 1. The fourth-order valence-corrected chi connectivity index (χ4v) is 2.31. The van der Waals surface area contributed by atoms with E-state index in [1.54, 1.807) is 44.6 Å². The van der Waals surface area contributed by atoms with Crippen LogP contribution in [0, 0.1) is 6.92 Å². The lowest BCUT2D eigenvalue weighted by Crippen LogP contribution is -2.29. The molecule has 1 amide bonds. The number of rotatable bonds is 5. The number of hydrogen-bond donors (Lipinski definition) is 0. The number of furan rings is 1. The van der Waals surface area contributed by atoms with Gasteiger partial charge in [-0.3, -0.25) is 4.79 Å². The summed E-state index contributed by atoms with van der Waals surface area (Å²) in [5.74, 6) is 1.87. The molecular formula is C17H21NO4. The molecule has 0 saturated heterocycles. The van der Waals surface area contributed by atoms with Gasteiger partial charge in [-0.25, -0.2) is 0 Å². The molecule has 2 rings (SSSR count). The zero-order valence-electron chi connectivity index (χ0n) is 13.5. The van der Waals surface area contributed by atoms with E-state index in [2.05, 4.69) is 0 Å². The topological polar surface area (TPSA) is 51.9 Å². The van der Waals surface area contributed by atoms with Gasteiger partial charge in [0.05, 0.1) is 26.5 Å². The van der Waals surface area contributed by atoms with Crippen molar-refractivity contribution in [2.24, 2.45) is 0 Å². The van der Waals surface area contributed by atoms with Gasteiger partial charge in [-0.1, -0.05) is 0 Å². The summed E-state index contributed by atoms with van der Waals surface area (Å²) in [5.41, 5.74) is 1.38. The second-order valence-electron chi connectivity index (χ2n) is 5.11. The molecule has 0 aliphatic carbocycles. The Balaban J connectivity index is 2.32. The van der Waals surface area contributed by atoms with Crippen LogP contribution in [-0.2, 0) is 0 Å². The lowest BCUT2D eigenvalue weighted by Gasteiger charge is -2.24. The van der Waals surface area contributed by atoms with Crippen molar-refractivity contribution in [1.82, 2.24) is 4.90 Å². The summed E-state index contributed by atoms with van der Waals surface area (Å²) < 4.78 is 16.0. The van der Waals surface area contributed by atoms with E-state index in [4.69, 9.17) is 13.9 Å². The summed E-state index contributed by atoms with van der Waals surface area (Å²) in [4.78, 5) is 14.3. The largest absolute Gasteiger partial charge is 0.496 e. The Labute approximate surface area is 130 Å². The zero-order valence-corrected chi connectivity index (χ0v) is 13.5. The van der Waals surface area contributed by atoms with E-state index < -0.39 is 0 Å². The van der Waals surface area contributed by atoms with Gasteiger partial charge in [-0.15, -0.1) is 0 Å². The molecule has 0 N–H and O–H groups in total. The highest BCUT2D eigenvalue weighted by Gasteiger charge is 2.22. The van der Waals surface area contributed by atoms with Crippen LogP contribution in [0.15, 0.2) is 34.9 Å².